The second kappa shape index (κ2) is 6.89. The Morgan fingerprint density at radius 2 is 2.11 bits per heavy atom. The number of carbonyl (C=O) groups is 1. The first-order valence-corrected chi connectivity index (χ1v) is 6.77. The second-order valence-electron chi connectivity index (χ2n) is 3.86. The number of carbonyl (C=O) groups excluding carboxylic acids is 1. The van der Waals surface area contributed by atoms with Gasteiger partial charge in [-0.15, -0.1) is 11.8 Å². The molecule has 5 heteroatoms. The maximum atomic E-state index is 13.3. The Bertz CT molecular complexity index is 548. The highest BCUT2D eigenvalue weighted by molar-refractivity contribution is 8.00. The lowest BCUT2D eigenvalue weighted by molar-refractivity contribution is -0.118. The molecule has 0 bridgehead atoms. The minimum atomic E-state index is -0.299. The van der Waals surface area contributed by atoms with E-state index in [0.29, 0.717) is 11.4 Å². The third kappa shape index (κ3) is 4.37. The Morgan fingerprint density at radius 1 is 1.26 bits per heavy atom. The molecular formula is C14H13FN2OS. The van der Waals surface area contributed by atoms with E-state index >= 15 is 0 Å². The molecule has 1 aromatic heterocycles. The number of halogens is 1. The van der Waals surface area contributed by atoms with Crippen molar-refractivity contribution >= 4 is 17.7 Å². The van der Waals surface area contributed by atoms with Gasteiger partial charge in [0, 0.05) is 23.8 Å². The molecule has 0 aliphatic heterocycles. The Kier molecular flexibility index (Phi) is 4.92. The second-order valence-corrected chi connectivity index (χ2v) is 4.87. The summed E-state index contributed by atoms with van der Waals surface area (Å²) in [6.45, 7) is 0.435. The number of benzene rings is 1. The highest BCUT2D eigenvalue weighted by Crippen LogP contribution is 2.20. The molecule has 3 nitrogen and oxygen atoms in total. The van der Waals surface area contributed by atoms with Crippen LogP contribution in [0.5, 0.6) is 0 Å². The molecule has 1 N–H and O–H groups in total. The number of nitrogens with zero attached hydrogens (tertiary/aromatic N) is 1. The Labute approximate surface area is 115 Å². The average molecular weight is 276 g/mol. The monoisotopic (exact) mass is 276 g/mol. The van der Waals surface area contributed by atoms with E-state index in [1.165, 1.54) is 17.8 Å². The molecule has 0 spiro atoms. The molecule has 0 atom stereocenters. The van der Waals surface area contributed by atoms with Crippen LogP contribution >= 0.6 is 11.8 Å². The van der Waals surface area contributed by atoms with Crippen LogP contribution in [0.2, 0.25) is 0 Å². The lowest BCUT2D eigenvalue weighted by atomic mass is 10.3. The molecule has 1 heterocycles. The fourth-order valence-electron chi connectivity index (χ4n) is 1.46. The van der Waals surface area contributed by atoms with Crippen molar-refractivity contribution in [2.45, 2.75) is 11.4 Å². The number of nitrogens with one attached hydrogen (secondary N) is 1. The van der Waals surface area contributed by atoms with Gasteiger partial charge in [-0.1, -0.05) is 18.2 Å². The summed E-state index contributed by atoms with van der Waals surface area (Å²) in [4.78, 5) is 16.1. The number of amides is 1. The molecule has 0 fully saturated rings. The molecule has 19 heavy (non-hydrogen) atoms. The zero-order valence-corrected chi connectivity index (χ0v) is 11.0. The van der Waals surface area contributed by atoms with Crippen LogP contribution in [0.4, 0.5) is 4.39 Å². The van der Waals surface area contributed by atoms with Crippen molar-refractivity contribution in [2.24, 2.45) is 0 Å². The van der Waals surface area contributed by atoms with E-state index < -0.39 is 0 Å². The number of aromatic nitrogens is 1. The summed E-state index contributed by atoms with van der Waals surface area (Å²) in [7, 11) is 0. The fraction of sp³-hybridized carbons (Fsp3) is 0.143. The Morgan fingerprint density at radius 3 is 2.84 bits per heavy atom. The third-order valence-electron chi connectivity index (χ3n) is 2.41. The van der Waals surface area contributed by atoms with Crippen LogP contribution in [0, 0.1) is 5.82 Å². The molecule has 0 radical (unpaired) electrons. The third-order valence-corrected chi connectivity index (χ3v) is 3.46. The summed E-state index contributed by atoms with van der Waals surface area (Å²) in [5.41, 5.74) is 0.937. The number of hydrogen-bond acceptors (Lipinski definition) is 3. The lowest BCUT2D eigenvalue weighted by Gasteiger charge is -2.05. The molecule has 2 rings (SSSR count). The van der Waals surface area contributed by atoms with Gasteiger partial charge in [-0.05, 0) is 23.8 Å². The molecule has 0 saturated heterocycles. The minimum Gasteiger partial charge on any atom is -0.351 e. The van der Waals surface area contributed by atoms with E-state index in [9.17, 15) is 9.18 Å². The van der Waals surface area contributed by atoms with Gasteiger partial charge in [-0.25, -0.2) is 4.39 Å². The van der Waals surface area contributed by atoms with Crippen LogP contribution in [0.25, 0.3) is 0 Å². The first-order chi connectivity index (χ1) is 9.25. The van der Waals surface area contributed by atoms with Gasteiger partial charge < -0.3 is 5.32 Å². The molecule has 98 valence electrons. The molecular weight excluding hydrogens is 263 g/mol. The van der Waals surface area contributed by atoms with E-state index in [-0.39, 0.29) is 17.5 Å². The maximum Gasteiger partial charge on any atom is 0.230 e. The van der Waals surface area contributed by atoms with E-state index in [4.69, 9.17) is 0 Å². The van der Waals surface area contributed by atoms with Gasteiger partial charge in [0.2, 0.25) is 5.91 Å². The largest absolute Gasteiger partial charge is 0.351 e. The smallest absolute Gasteiger partial charge is 0.230 e. The van der Waals surface area contributed by atoms with Gasteiger partial charge in [0.1, 0.15) is 5.82 Å². The van der Waals surface area contributed by atoms with Gasteiger partial charge >= 0.3 is 0 Å². The van der Waals surface area contributed by atoms with E-state index in [1.54, 1.807) is 30.6 Å². The van der Waals surface area contributed by atoms with Crippen LogP contribution in [-0.4, -0.2) is 16.6 Å². The van der Waals surface area contributed by atoms with Crippen molar-refractivity contribution in [1.82, 2.24) is 10.3 Å². The summed E-state index contributed by atoms with van der Waals surface area (Å²) in [6.07, 6.45) is 3.38. The Balaban J connectivity index is 1.78. The summed E-state index contributed by atoms with van der Waals surface area (Å²) in [5, 5.41) is 2.77. The SMILES string of the molecule is O=C(CSc1ccccc1F)NCc1cccnc1. The van der Waals surface area contributed by atoms with Crippen molar-refractivity contribution in [3.63, 3.8) is 0 Å². The van der Waals surface area contributed by atoms with E-state index in [1.807, 2.05) is 12.1 Å². The number of pyridine rings is 1. The van der Waals surface area contributed by atoms with Crippen molar-refractivity contribution in [1.29, 1.82) is 0 Å². The highest BCUT2D eigenvalue weighted by Gasteiger charge is 2.06. The van der Waals surface area contributed by atoms with Crippen LogP contribution < -0.4 is 5.32 Å². The normalized spacial score (nSPS) is 10.2. The number of thioether (sulfide) groups is 1. The minimum absolute atomic E-state index is 0.128. The quantitative estimate of drug-likeness (QED) is 0.854. The van der Waals surface area contributed by atoms with Crippen LogP contribution in [0.1, 0.15) is 5.56 Å². The van der Waals surface area contributed by atoms with Gasteiger partial charge in [0.25, 0.3) is 0 Å². The average Bonchev–Trinajstić information content (AvgIpc) is 2.45. The molecule has 0 aliphatic carbocycles. The van der Waals surface area contributed by atoms with E-state index in [2.05, 4.69) is 10.3 Å². The van der Waals surface area contributed by atoms with Gasteiger partial charge in [0.05, 0.1) is 5.75 Å². The molecule has 1 amide bonds. The van der Waals surface area contributed by atoms with Gasteiger partial charge in [-0.3, -0.25) is 9.78 Å². The zero-order valence-electron chi connectivity index (χ0n) is 10.2. The molecule has 2 aromatic rings. The van der Waals surface area contributed by atoms with E-state index in [0.717, 1.165) is 5.56 Å². The summed E-state index contributed by atoms with van der Waals surface area (Å²) in [6, 6.07) is 10.1. The first kappa shape index (κ1) is 13.5. The maximum absolute atomic E-state index is 13.3. The molecule has 0 unspecified atom stereocenters. The fourth-order valence-corrected chi connectivity index (χ4v) is 2.23. The number of rotatable bonds is 5. The standard InChI is InChI=1S/C14H13FN2OS/c15-12-5-1-2-6-13(12)19-10-14(18)17-9-11-4-3-7-16-8-11/h1-8H,9-10H2,(H,17,18). The summed E-state index contributed by atoms with van der Waals surface area (Å²) in [5.74, 6) is -0.231. The highest BCUT2D eigenvalue weighted by atomic mass is 32.2. The first-order valence-electron chi connectivity index (χ1n) is 5.78. The topological polar surface area (TPSA) is 42.0 Å². The van der Waals surface area contributed by atoms with Gasteiger partial charge in [0.15, 0.2) is 0 Å². The predicted molar refractivity (Wildman–Crippen MR) is 73.2 cm³/mol. The van der Waals surface area contributed by atoms with Crippen molar-refractivity contribution < 1.29 is 9.18 Å². The molecule has 1 aromatic carbocycles. The predicted octanol–water partition coefficient (Wildman–Crippen LogP) is 2.63. The van der Waals surface area contributed by atoms with Crippen LogP contribution in [0.3, 0.4) is 0 Å². The van der Waals surface area contributed by atoms with Crippen molar-refractivity contribution in [3.05, 3.63) is 60.2 Å². The zero-order chi connectivity index (χ0) is 13.5. The van der Waals surface area contributed by atoms with Gasteiger partial charge in [-0.2, -0.15) is 0 Å². The van der Waals surface area contributed by atoms with Crippen molar-refractivity contribution in [2.75, 3.05) is 5.75 Å². The summed E-state index contributed by atoms with van der Waals surface area (Å²) >= 11 is 1.19. The molecule has 0 saturated carbocycles. The van der Waals surface area contributed by atoms with Crippen LogP contribution in [-0.2, 0) is 11.3 Å². The summed E-state index contributed by atoms with van der Waals surface area (Å²) < 4.78 is 13.3. The van der Waals surface area contributed by atoms with Crippen LogP contribution in [0.15, 0.2) is 53.7 Å². The lowest BCUT2D eigenvalue weighted by Crippen LogP contribution is -2.24. The molecule has 0 aliphatic rings. The van der Waals surface area contributed by atoms with Crippen molar-refractivity contribution in [3.8, 4) is 0 Å². The Hall–Kier alpha value is -1.88. The number of hydrogen-bond donors (Lipinski definition) is 1.